The number of hydrogen-bond donors (Lipinski definition) is 0. The molecular formula is C51H32N4O. The van der Waals surface area contributed by atoms with Crippen LogP contribution >= 0.6 is 0 Å². The van der Waals surface area contributed by atoms with Gasteiger partial charge in [0, 0.05) is 50.0 Å². The molecule has 11 aromatic rings. The van der Waals surface area contributed by atoms with Crippen molar-refractivity contribution in [3.63, 3.8) is 0 Å². The summed E-state index contributed by atoms with van der Waals surface area (Å²) in [7, 11) is 0. The van der Waals surface area contributed by atoms with Crippen LogP contribution in [0.15, 0.2) is 199 Å². The van der Waals surface area contributed by atoms with E-state index in [0.717, 1.165) is 72.1 Å². The van der Waals surface area contributed by atoms with Gasteiger partial charge in [-0.15, -0.1) is 0 Å². The first-order valence-electron chi connectivity index (χ1n) is 18.8. The molecule has 5 nitrogen and oxygen atoms in total. The molecule has 3 aromatic heterocycles. The van der Waals surface area contributed by atoms with Gasteiger partial charge >= 0.3 is 0 Å². The summed E-state index contributed by atoms with van der Waals surface area (Å²) < 4.78 is 8.93. The third kappa shape index (κ3) is 5.45. The SMILES string of the molecule is c1ccc(-c2cccc(-c3nc(-c4ccccc4)nc(-c4ccc(-c5ccc6c(c5)oc5cc7c(cc56)c5ccccc5n7-c5ccccc5)cc4)n3)c2)cc1. The van der Waals surface area contributed by atoms with Crippen LogP contribution in [0, 0.1) is 0 Å². The lowest BCUT2D eigenvalue weighted by atomic mass is 10.0. The number of nitrogens with zero attached hydrogens (tertiary/aromatic N) is 4. The second kappa shape index (κ2) is 13.0. The molecule has 0 aliphatic rings. The highest BCUT2D eigenvalue weighted by molar-refractivity contribution is 6.17. The highest BCUT2D eigenvalue weighted by Crippen LogP contribution is 2.39. The van der Waals surface area contributed by atoms with Gasteiger partial charge < -0.3 is 8.98 Å². The fourth-order valence-corrected chi connectivity index (χ4v) is 7.90. The van der Waals surface area contributed by atoms with Gasteiger partial charge in [0.2, 0.25) is 0 Å². The normalized spacial score (nSPS) is 11.6. The smallest absolute Gasteiger partial charge is 0.164 e. The van der Waals surface area contributed by atoms with Crippen LogP contribution in [0.1, 0.15) is 0 Å². The average molecular weight is 717 g/mol. The molecule has 0 aliphatic heterocycles. The fraction of sp³-hybridized carbons (Fsp3) is 0. The molecule has 0 amide bonds. The maximum Gasteiger partial charge on any atom is 0.164 e. The zero-order valence-corrected chi connectivity index (χ0v) is 30.2. The van der Waals surface area contributed by atoms with Crippen LogP contribution in [0.5, 0.6) is 0 Å². The molecule has 0 radical (unpaired) electrons. The molecule has 56 heavy (non-hydrogen) atoms. The van der Waals surface area contributed by atoms with Gasteiger partial charge in [0.15, 0.2) is 17.5 Å². The van der Waals surface area contributed by atoms with Crippen molar-refractivity contribution in [2.24, 2.45) is 0 Å². The number of aromatic nitrogens is 4. The fourth-order valence-electron chi connectivity index (χ4n) is 7.90. The minimum Gasteiger partial charge on any atom is -0.456 e. The Bertz CT molecular complexity index is 3220. The van der Waals surface area contributed by atoms with Gasteiger partial charge in [-0.2, -0.15) is 0 Å². The molecule has 0 bridgehead atoms. The molecule has 0 spiro atoms. The lowest BCUT2D eigenvalue weighted by Crippen LogP contribution is -2.00. The standard InChI is InChI=1S/C51H32N4O/c1-4-13-33(14-5-1)37-17-12-18-39(29-37)51-53-49(35-15-6-2-7-16-35)52-50(54-51)36-25-23-34(24-26-36)38-27-28-42-44-31-43-41-21-10-11-22-45(41)55(40-19-8-3-9-20-40)46(43)32-48(44)56-47(42)30-38/h1-32H. The van der Waals surface area contributed by atoms with E-state index in [1.165, 1.54) is 16.3 Å². The molecule has 0 saturated carbocycles. The van der Waals surface area contributed by atoms with Crippen molar-refractivity contribution in [2.45, 2.75) is 0 Å². The third-order valence-electron chi connectivity index (χ3n) is 10.7. The summed E-state index contributed by atoms with van der Waals surface area (Å²) in [6, 6.07) is 67.4. The number of hydrogen-bond acceptors (Lipinski definition) is 4. The highest BCUT2D eigenvalue weighted by atomic mass is 16.3. The van der Waals surface area contributed by atoms with Crippen LogP contribution in [-0.4, -0.2) is 19.5 Å². The van der Waals surface area contributed by atoms with Gasteiger partial charge in [0.1, 0.15) is 11.2 Å². The van der Waals surface area contributed by atoms with Gasteiger partial charge in [-0.25, -0.2) is 15.0 Å². The monoisotopic (exact) mass is 716 g/mol. The van der Waals surface area contributed by atoms with Crippen molar-refractivity contribution in [3.05, 3.63) is 194 Å². The van der Waals surface area contributed by atoms with E-state index in [4.69, 9.17) is 19.4 Å². The first kappa shape index (κ1) is 31.9. The molecule has 0 aliphatic carbocycles. The zero-order valence-electron chi connectivity index (χ0n) is 30.2. The maximum absolute atomic E-state index is 6.61. The van der Waals surface area contributed by atoms with E-state index in [1.54, 1.807) is 0 Å². The Hall–Kier alpha value is -7.63. The molecule has 0 unspecified atom stereocenters. The topological polar surface area (TPSA) is 56.7 Å². The van der Waals surface area contributed by atoms with Crippen LogP contribution in [0.3, 0.4) is 0 Å². The van der Waals surface area contributed by atoms with E-state index in [9.17, 15) is 0 Å². The quantitative estimate of drug-likeness (QED) is 0.172. The Morgan fingerprint density at radius 2 is 0.821 bits per heavy atom. The van der Waals surface area contributed by atoms with Crippen molar-refractivity contribution >= 4 is 43.7 Å². The number of rotatable bonds is 6. The summed E-state index contributed by atoms with van der Waals surface area (Å²) >= 11 is 0. The molecule has 11 rings (SSSR count). The minimum absolute atomic E-state index is 0.623. The van der Waals surface area contributed by atoms with Crippen molar-refractivity contribution in [1.82, 2.24) is 19.5 Å². The van der Waals surface area contributed by atoms with Crippen LogP contribution in [0.2, 0.25) is 0 Å². The van der Waals surface area contributed by atoms with Crippen LogP contribution in [0.25, 0.3) is 106 Å². The predicted octanol–water partition coefficient (Wildman–Crippen LogP) is 13.2. The first-order valence-corrected chi connectivity index (χ1v) is 18.8. The van der Waals surface area contributed by atoms with Crippen molar-refractivity contribution in [1.29, 1.82) is 0 Å². The maximum atomic E-state index is 6.61. The van der Waals surface area contributed by atoms with Crippen molar-refractivity contribution < 1.29 is 4.42 Å². The molecule has 8 aromatic carbocycles. The zero-order chi connectivity index (χ0) is 37.0. The molecular weight excluding hydrogens is 685 g/mol. The Balaban J connectivity index is 0.973. The molecule has 5 heteroatoms. The van der Waals surface area contributed by atoms with E-state index in [1.807, 2.05) is 36.4 Å². The summed E-state index contributed by atoms with van der Waals surface area (Å²) in [5.41, 5.74) is 12.4. The Labute approximate surface area is 322 Å². The lowest BCUT2D eigenvalue weighted by molar-refractivity contribution is 0.669. The number of para-hydroxylation sites is 2. The van der Waals surface area contributed by atoms with Crippen LogP contribution < -0.4 is 0 Å². The Kier molecular flexibility index (Phi) is 7.42. The molecule has 0 N–H and O–H groups in total. The van der Waals surface area contributed by atoms with E-state index in [-0.39, 0.29) is 0 Å². The first-order chi connectivity index (χ1) is 27.7. The summed E-state index contributed by atoms with van der Waals surface area (Å²) in [6.45, 7) is 0. The van der Waals surface area contributed by atoms with E-state index < -0.39 is 0 Å². The van der Waals surface area contributed by atoms with Gasteiger partial charge in [0.05, 0.1) is 11.0 Å². The van der Waals surface area contributed by atoms with Crippen molar-refractivity contribution in [2.75, 3.05) is 0 Å². The molecule has 0 fully saturated rings. The lowest BCUT2D eigenvalue weighted by Gasteiger charge is -2.10. The van der Waals surface area contributed by atoms with Crippen molar-refractivity contribution in [3.8, 4) is 62.1 Å². The summed E-state index contributed by atoms with van der Waals surface area (Å²) in [4.78, 5) is 15.0. The highest BCUT2D eigenvalue weighted by Gasteiger charge is 2.17. The predicted molar refractivity (Wildman–Crippen MR) is 229 cm³/mol. The van der Waals surface area contributed by atoms with Gasteiger partial charge in [-0.05, 0) is 64.7 Å². The largest absolute Gasteiger partial charge is 0.456 e. The summed E-state index contributed by atoms with van der Waals surface area (Å²) in [5.74, 6) is 1.89. The third-order valence-corrected chi connectivity index (χ3v) is 10.7. The Morgan fingerprint density at radius 3 is 1.57 bits per heavy atom. The molecule has 0 saturated heterocycles. The summed E-state index contributed by atoms with van der Waals surface area (Å²) in [5, 5.41) is 4.64. The van der Waals surface area contributed by atoms with Gasteiger partial charge in [-0.1, -0.05) is 146 Å². The second-order valence-corrected chi connectivity index (χ2v) is 14.1. The minimum atomic E-state index is 0.623. The van der Waals surface area contributed by atoms with E-state index >= 15 is 0 Å². The Morgan fingerprint density at radius 1 is 0.304 bits per heavy atom. The van der Waals surface area contributed by atoms with Crippen LogP contribution in [-0.2, 0) is 0 Å². The molecule has 262 valence electrons. The second-order valence-electron chi connectivity index (χ2n) is 14.1. The van der Waals surface area contributed by atoms with Gasteiger partial charge in [0.25, 0.3) is 0 Å². The van der Waals surface area contributed by atoms with E-state index in [0.29, 0.717) is 17.5 Å². The van der Waals surface area contributed by atoms with E-state index in [2.05, 4.69) is 162 Å². The summed E-state index contributed by atoms with van der Waals surface area (Å²) in [6.07, 6.45) is 0. The average Bonchev–Trinajstić information content (AvgIpc) is 3.80. The number of benzene rings is 8. The van der Waals surface area contributed by atoms with Gasteiger partial charge in [-0.3, -0.25) is 0 Å². The van der Waals surface area contributed by atoms with Crippen LogP contribution in [0.4, 0.5) is 0 Å². The number of furan rings is 1. The molecule has 0 atom stereocenters. The molecule has 3 heterocycles. The number of fused-ring (bicyclic) bond motifs is 6.